The summed E-state index contributed by atoms with van der Waals surface area (Å²) in [5.41, 5.74) is 6.86. The molecule has 2 heterocycles. The first kappa shape index (κ1) is 16.1. The number of halogens is 1. The second-order valence-corrected chi connectivity index (χ2v) is 6.90. The van der Waals surface area contributed by atoms with E-state index in [9.17, 15) is 9.59 Å². The summed E-state index contributed by atoms with van der Waals surface area (Å²) in [6.45, 7) is 4.37. The van der Waals surface area contributed by atoms with Crippen molar-refractivity contribution in [3.63, 3.8) is 0 Å². The number of aryl methyl sites for hydroxylation is 1. The Bertz CT molecular complexity index is 797. The topological polar surface area (TPSA) is 81.5 Å². The zero-order chi connectivity index (χ0) is 16.6. The Labute approximate surface area is 138 Å². The fraction of sp³-hybridized carbons (Fsp3) is 0.500. The fourth-order valence-electron chi connectivity index (χ4n) is 3.02. The third-order valence-corrected chi connectivity index (χ3v) is 4.82. The van der Waals surface area contributed by atoms with E-state index >= 15 is 0 Å². The number of benzene rings is 1. The maximum absolute atomic E-state index is 12.4. The summed E-state index contributed by atoms with van der Waals surface area (Å²) in [5, 5.41) is 0.507. The van der Waals surface area contributed by atoms with E-state index < -0.39 is 5.76 Å². The number of amides is 1. The molecule has 1 aromatic heterocycles. The third-order valence-electron chi connectivity index (χ3n) is 4.58. The molecule has 0 aliphatic carbocycles. The Balaban J connectivity index is 1.70. The van der Waals surface area contributed by atoms with Crippen LogP contribution in [0.25, 0.3) is 11.1 Å². The number of rotatable bonds is 4. The van der Waals surface area contributed by atoms with Gasteiger partial charge in [-0.25, -0.2) is 4.79 Å². The minimum Gasteiger partial charge on any atom is -0.408 e. The molecule has 7 heteroatoms. The van der Waals surface area contributed by atoms with E-state index in [4.69, 9.17) is 21.8 Å². The predicted molar refractivity (Wildman–Crippen MR) is 88.5 cm³/mol. The monoisotopic (exact) mass is 337 g/mol. The lowest BCUT2D eigenvalue weighted by Crippen LogP contribution is -2.35. The molecule has 2 N–H and O–H groups in total. The number of likely N-dealkylation sites (tertiary alicyclic amines) is 1. The largest absolute Gasteiger partial charge is 0.419 e. The zero-order valence-corrected chi connectivity index (χ0v) is 13.8. The van der Waals surface area contributed by atoms with Gasteiger partial charge >= 0.3 is 5.76 Å². The van der Waals surface area contributed by atoms with E-state index in [1.165, 1.54) is 4.57 Å². The molecule has 0 spiro atoms. The minimum absolute atomic E-state index is 0.00554. The molecule has 1 saturated heterocycles. The molecular weight excluding hydrogens is 318 g/mol. The first-order valence-corrected chi connectivity index (χ1v) is 8.06. The molecule has 3 rings (SSSR count). The molecule has 0 radical (unpaired) electrons. The summed E-state index contributed by atoms with van der Waals surface area (Å²) >= 11 is 5.89. The number of nitrogens with two attached hydrogens (primary N) is 1. The second-order valence-electron chi connectivity index (χ2n) is 6.46. The maximum Gasteiger partial charge on any atom is 0.419 e. The van der Waals surface area contributed by atoms with E-state index in [1.54, 1.807) is 18.2 Å². The number of nitrogens with zero attached hydrogens (tertiary/aromatic N) is 2. The van der Waals surface area contributed by atoms with Crippen molar-refractivity contribution < 1.29 is 9.21 Å². The lowest BCUT2D eigenvalue weighted by molar-refractivity contribution is -0.130. The Morgan fingerprint density at radius 2 is 2.26 bits per heavy atom. The molecule has 2 aromatic rings. The van der Waals surface area contributed by atoms with Crippen LogP contribution in [0.1, 0.15) is 19.8 Å². The Morgan fingerprint density at radius 1 is 1.48 bits per heavy atom. The fourth-order valence-corrected chi connectivity index (χ4v) is 3.18. The molecule has 1 atom stereocenters. The van der Waals surface area contributed by atoms with Crippen molar-refractivity contribution in [3.8, 4) is 0 Å². The highest BCUT2D eigenvalue weighted by Crippen LogP contribution is 2.28. The molecule has 1 fully saturated rings. The lowest BCUT2D eigenvalue weighted by Gasteiger charge is -2.22. The van der Waals surface area contributed by atoms with E-state index in [-0.39, 0.29) is 17.7 Å². The van der Waals surface area contributed by atoms with E-state index in [0.717, 1.165) is 13.0 Å². The van der Waals surface area contributed by atoms with Crippen LogP contribution in [0.4, 0.5) is 0 Å². The van der Waals surface area contributed by atoms with Crippen LogP contribution in [-0.4, -0.2) is 35.0 Å². The van der Waals surface area contributed by atoms with Crippen molar-refractivity contribution in [2.24, 2.45) is 11.1 Å². The van der Waals surface area contributed by atoms with Gasteiger partial charge < -0.3 is 15.1 Å². The number of carbonyl (C=O) groups excluding carboxylic acids is 1. The molecule has 0 bridgehead atoms. The van der Waals surface area contributed by atoms with Gasteiger partial charge in [-0.1, -0.05) is 18.5 Å². The average Bonchev–Trinajstić information content (AvgIpc) is 3.05. The molecule has 23 heavy (non-hydrogen) atoms. The van der Waals surface area contributed by atoms with Crippen LogP contribution in [0.15, 0.2) is 27.4 Å². The van der Waals surface area contributed by atoms with E-state index in [2.05, 4.69) is 6.92 Å². The van der Waals surface area contributed by atoms with Gasteiger partial charge in [0.1, 0.15) is 0 Å². The molecule has 6 nitrogen and oxygen atoms in total. The van der Waals surface area contributed by atoms with Gasteiger partial charge in [0.2, 0.25) is 5.91 Å². The molecule has 1 unspecified atom stereocenters. The molecule has 0 saturated carbocycles. The lowest BCUT2D eigenvalue weighted by atomic mass is 9.90. The highest BCUT2D eigenvalue weighted by molar-refractivity contribution is 6.31. The normalized spacial score (nSPS) is 21.3. The van der Waals surface area contributed by atoms with Crippen molar-refractivity contribution in [1.29, 1.82) is 0 Å². The van der Waals surface area contributed by atoms with Crippen molar-refractivity contribution in [1.82, 2.24) is 9.47 Å². The highest BCUT2D eigenvalue weighted by atomic mass is 35.5. The second kappa shape index (κ2) is 6.02. The van der Waals surface area contributed by atoms with Gasteiger partial charge in [-0.05, 0) is 30.5 Å². The number of hydrogen-bond donors (Lipinski definition) is 1. The van der Waals surface area contributed by atoms with E-state index in [1.807, 2.05) is 4.90 Å². The van der Waals surface area contributed by atoms with Gasteiger partial charge in [0.05, 0.1) is 5.52 Å². The zero-order valence-electron chi connectivity index (χ0n) is 13.0. The summed E-state index contributed by atoms with van der Waals surface area (Å²) in [5.74, 6) is -0.430. The summed E-state index contributed by atoms with van der Waals surface area (Å²) in [4.78, 5) is 26.1. The molecule has 1 aliphatic rings. The number of aromatic nitrogens is 1. The van der Waals surface area contributed by atoms with Gasteiger partial charge in [0.25, 0.3) is 0 Å². The van der Waals surface area contributed by atoms with Crippen molar-refractivity contribution >= 4 is 28.6 Å². The van der Waals surface area contributed by atoms with Crippen LogP contribution in [0.3, 0.4) is 0 Å². The first-order valence-electron chi connectivity index (χ1n) is 7.69. The number of hydrogen-bond acceptors (Lipinski definition) is 4. The van der Waals surface area contributed by atoms with Gasteiger partial charge in [-0.2, -0.15) is 0 Å². The van der Waals surface area contributed by atoms with Crippen molar-refractivity contribution in [3.05, 3.63) is 33.8 Å². The van der Waals surface area contributed by atoms with Gasteiger partial charge in [-0.15, -0.1) is 0 Å². The van der Waals surface area contributed by atoms with Crippen LogP contribution in [0, 0.1) is 5.41 Å². The number of carbonyl (C=O) groups is 1. The van der Waals surface area contributed by atoms with Gasteiger partial charge in [0.15, 0.2) is 5.58 Å². The Hall–Kier alpha value is -1.79. The van der Waals surface area contributed by atoms with Crippen molar-refractivity contribution in [2.75, 3.05) is 19.6 Å². The molecule has 1 aromatic carbocycles. The summed E-state index contributed by atoms with van der Waals surface area (Å²) in [6.07, 6.45) is 1.18. The predicted octanol–water partition coefficient (Wildman–Crippen LogP) is 1.84. The van der Waals surface area contributed by atoms with Crippen LogP contribution >= 0.6 is 11.6 Å². The smallest absolute Gasteiger partial charge is 0.408 e. The van der Waals surface area contributed by atoms with Gasteiger partial charge in [0, 0.05) is 37.1 Å². The molecular formula is C16H20ClN3O3. The average molecular weight is 338 g/mol. The first-order chi connectivity index (χ1) is 10.9. The quantitative estimate of drug-likeness (QED) is 0.923. The maximum atomic E-state index is 12.4. The summed E-state index contributed by atoms with van der Waals surface area (Å²) < 4.78 is 6.64. The van der Waals surface area contributed by atoms with Crippen LogP contribution < -0.4 is 11.5 Å². The van der Waals surface area contributed by atoms with Crippen molar-refractivity contribution in [2.45, 2.75) is 26.3 Å². The highest BCUT2D eigenvalue weighted by Gasteiger charge is 2.34. The number of oxazole rings is 1. The number of fused-ring (bicyclic) bond motifs is 1. The van der Waals surface area contributed by atoms with Gasteiger partial charge in [-0.3, -0.25) is 9.36 Å². The summed E-state index contributed by atoms with van der Waals surface area (Å²) in [6, 6.07) is 5.03. The standard InChI is InChI=1S/C16H20ClN3O3/c1-16(9-18)5-7-19(10-16)14(21)4-6-20-12-3-2-11(17)8-13(12)23-15(20)22/h2-3,8H,4-7,9-10,18H2,1H3. The molecule has 1 aliphatic heterocycles. The SMILES string of the molecule is CC1(CN)CCN(C(=O)CCn2c(=O)oc3cc(Cl)ccc32)C1. The third kappa shape index (κ3) is 3.14. The molecule has 1 amide bonds. The van der Waals surface area contributed by atoms with E-state index in [0.29, 0.717) is 35.8 Å². The van der Waals surface area contributed by atoms with Crippen LogP contribution in [0.5, 0.6) is 0 Å². The Kier molecular flexibility index (Phi) is 4.21. The minimum atomic E-state index is -0.469. The Morgan fingerprint density at radius 3 is 2.96 bits per heavy atom. The van der Waals surface area contributed by atoms with Crippen LogP contribution in [0.2, 0.25) is 5.02 Å². The molecule has 124 valence electrons. The summed E-state index contributed by atoms with van der Waals surface area (Å²) in [7, 11) is 0. The van der Waals surface area contributed by atoms with Crippen LogP contribution in [-0.2, 0) is 11.3 Å².